The van der Waals surface area contributed by atoms with Gasteiger partial charge in [-0.15, -0.1) is 11.3 Å². The number of furan rings is 1. The van der Waals surface area contributed by atoms with Crippen molar-refractivity contribution in [2.75, 3.05) is 4.90 Å². The average Bonchev–Trinajstić information content (AvgIpc) is 3.95. The first kappa shape index (κ1) is 30.7. The minimum atomic E-state index is 0.618. The smallest absolute Gasteiger partial charge is 0.227 e. The summed E-state index contributed by atoms with van der Waals surface area (Å²) < 4.78 is 14.9. The molecule has 0 spiro atoms. The molecule has 254 valence electrons. The van der Waals surface area contributed by atoms with Gasteiger partial charge in [-0.25, -0.2) is 4.98 Å². The largest absolute Gasteiger partial charge is 0.456 e. The number of thiophene rings is 1. The lowest BCUT2D eigenvalue weighted by Crippen LogP contribution is -2.09. The zero-order valence-electron chi connectivity index (χ0n) is 28.9. The van der Waals surface area contributed by atoms with E-state index in [4.69, 9.17) is 13.8 Å². The highest BCUT2D eigenvalue weighted by atomic mass is 32.1. The van der Waals surface area contributed by atoms with Crippen molar-refractivity contribution in [2.45, 2.75) is 0 Å². The Morgan fingerprint density at radius 3 is 1.87 bits per heavy atom. The molecule has 4 nitrogen and oxygen atoms in total. The van der Waals surface area contributed by atoms with Crippen molar-refractivity contribution in [2.24, 2.45) is 0 Å². The number of hydrogen-bond donors (Lipinski definition) is 0. The molecule has 3 heterocycles. The lowest BCUT2D eigenvalue weighted by atomic mass is 9.97. The van der Waals surface area contributed by atoms with E-state index in [1.165, 1.54) is 36.9 Å². The summed E-state index contributed by atoms with van der Waals surface area (Å²) in [6.07, 6.45) is 0. The minimum Gasteiger partial charge on any atom is -0.456 e. The van der Waals surface area contributed by atoms with Crippen molar-refractivity contribution in [3.8, 4) is 33.7 Å². The molecule has 0 aliphatic rings. The molecule has 0 amide bonds. The summed E-state index contributed by atoms with van der Waals surface area (Å²) in [5, 5.41) is 4.84. The molecule has 0 saturated carbocycles. The lowest BCUT2D eigenvalue weighted by molar-refractivity contribution is 0.620. The third kappa shape index (κ3) is 5.09. The van der Waals surface area contributed by atoms with Crippen molar-refractivity contribution >= 4 is 81.6 Å². The van der Waals surface area contributed by atoms with Crippen molar-refractivity contribution in [3.63, 3.8) is 0 Å². The van der Waals surface area contributed by atoms with E-state index in [1.54, 1.807) is 0 Å². The fourth-order valence-corrected chi connectivity index (χ4v) is 8.83. The van der Waals surface area contributed by atoms with Crippen LogP contribution in [0.3, 0.4) is 0 Å². The van der Waals surface area contributed by atoms with Gasteiger partial charge in [0, 0.05) is 53.6 Å². The number of anilines is 3. The van der Waals surface area contributed by atoms with E-state index in [1.807, 2.05) is 47.7 Å². The fourth-order valence-electron chi connectivity index (χ4n) is 7.72. The van der Waals surface area contributed by atoms with Crippen LogP contribution in [0.15, 0.2) is 191 Å². The van der Waals surface area contributed by atoms with E-state index in [0.717, 1.165) is 61.2 Å². The predicted octanol–water partition coefficient (Wildman–Crippen LogP) is 14.6. The molecule has 0 saturated heterocycles. The van der Waals surface area contributed by atoms with Crippen LogP contribution in [0, 0.1) is 0 Å². The molecule has 0 fully saturated rings. The highest BCUT2D eigenvalue weighted by Crippen LogP contribution is 2.43. The van der Waals surface area contributed by atoms with Crippen LogP contribution in [0.4, 0.5) is 17.1 Å². The van der Waals surface area contributed by atoms with E-state index in [2.05, 4.69) is 150 Å². The zero-order valence-corrected chi connectivity index (χ0v) is 29.8. The maximum absolute atomic E-state index is 6.24. The van der Waals surface area contributed by atoms with Gasteiger partial charge in [0.25, 0.3) is 0 Å². The molecule has 54 heavy (non-hydrogen) atoms. The van der Waals surface area contributed by atoms with Gasteiger partial charge in [-0.05, 0) is 119 Å². The maximum atomic E-state index is 6.24. The Morgan fingerprint density at radius 2 is 1.06 bits per heavy atom. The molecule has 0 N–H and O–H groups in total. The standard InChI is InChI=1S/C49H30N2O2S/c1-2-9-35(10-3-1)51(37-25-19-32(20-26-37)49-50-42-13-5-7-15-44(42)53-49)36-23-17-31(18-24-36)38-12-8-16-47-48(38)41-29-33(22-28-46(41)54-47)34-21-27-40-39-11-4-6-14-43(39)52-45(40)30-34/h1-30H. The van der Waals surface area contributed by atoms with Crippen LogP contribution >= 0.6 is 11.3 Å². The van der Waals surface area contributed by atoms with Gasteiger partial charge in [-0.1, -0.05) is 84.9 Å². The van der Waals surface area contributed by atoms with Crippen LogP contribution in [-0.2, 0) is 0 Å². The van der Waals surface area contributed by atoms with E-state index < -0.39 is 0 Å². The molecule has 8 aromatic carbocycles. The number of rotatable bonds is 6. The van der Waals surface area contributed by atoms with Crippen LogP contribution < -0.4 is 4.90 Å². The van der Waals surface area contributed by atoms with Crippen LogP contribution in [-0.4, -0.2) is 4.98 Å². The van der Waals surface area contributed by atoms with Crippen molar-refractivity contribution in [1.82, 2.24) is 4.98 Å². The summed E-state index contributed by atoms with van der Waals surface area (Å²) >= 11 is 1.85. The summed E-state index contributed by atoms with van der Waals surface area (Å²) in [6, 6.07) is 64.0. The Balaban J connectivity index is 0.965. The number of oxazole rings is 1. The van der Waals surface area contributed by atoms with Crippen LogP contribution in [0.1, 0.15) is 0 Å². The lowest BCUT2D eigenvalue weighted by Gasteiger charge is -2.25. The summed E-state index contributed by atoms with van der Waals surface area (Å²) in [7, 11) is 0. The molecule has 0 radical (unpaired) electrons. The van der Waals surface area contributed by atoms with E-state index >= 15 is 0 Å². The number of hydrogen-bond acceptors (Lipinski definition) is 5. The number of aromatic nitrogens is 1. The first-order valence-electron chi connectivity index (χ1n) is 18.0. The molecular weight excluding hydrogens is 681 g/mol. The number of para-hydroxylation sites is 4. The second-order valence-electron chi connectivity index (χ2n) is 13.6. The highest BCUT2D eigenvalue weighted by Gasteiger charge is 2.17. The zero-order chi connectivity index (χ0) is 35.6. The Labute approximate surface area is 314 Å². The number of nitrogens with zero attached hydrogens (tertiary/aromatic N) is 2. The third-order valence-corrected chi connectivity index (χ3v) is 11.5. The van der Waals surface area contributed by atoms with E-state index in [0.29, 0.717) is 5.89 Å². The van der Waals surface area contributed by atoms with Gasteiger partial charge < -0.3 is 13.7 Å². The highest BCUT2D eigenvalue weighted by molar-refractivity contribution is 7.26. The summed E-state index contributed by atoms with van der Waals surface area (Å²) in [5.41, 5.74) is 12.3. The van der Waals surface area contributed by atoms with Crippen molar-refractivity contribution in [1.29, 1.82) is 0 Å². The van der Waals surface area contributed by atoms with Crippen LogP contribution in [0.5, 0.6) is 0 Å². The molecule has 11 rings (SSSR count). The van der Waals surface area contributed by atoms with Gasteiger partial charge in [-0.3, -0.25) is 0 Å². The minimum absolute atomic E-state index is 0.618. The topological polar surface area (TPSA) is 42.4 Å². The molecule has 0 aliphatic heterocycles. The van der Waals surface area contributed by atoms with Crippen molar-refractivity contribution in [3.05, 3.63) is 182 Å². The van der Waals surface area contributed by atoms with Gasteiger partial charge in [0.1, 0.15) is 16.7 Å². The maximum Gasteiger partial charge on any atom is 0.227 e. The second-order valence-corrected chi connectivity index (χ2v) is 14.6. The monoisotopic (exact) mass is 710 g/mol. The first-order valence-corrected chi connectivity index (χ1v) is 18.8. The fraction of sp³-hybridized carbons (Fsp3) is 0. The van der Waals surface area contributed by atoms with Gasteiger partial charge in [0.2, 0.25) is 5.89 Å². The van der Waals surface area contributed by atoms with Crippen molar-refractivity contribution < 1.29 is 8.83 Å². The molecule has 0 bridgehead atoms. The molecule has 0 atom stereocenters. The van der Waals surface area contributed by atoms with Gasteiger partial charge in [0.15, 0.2) is 5.58 Å². The Bertz CT molecular complexity index is 3120. The van der Waals surface area contributed by atoms with Crippen LogP contribution in [0.25, 0.3) is 86.9 Å². The summed E-state index contributed by atoms with van der Waals surface area (Å²) in [5.74, 6) is 0.618. The number of fused-ring (bicyclic) bond motifs is 7. The molecule has 0 aliphatic carbocycles. The third-order valence-electron chi connectivity index (χ3n) is 10.3. The summed E-state index contributed by atoms with van der Waals surface area (Å²) in [4.78, 5) is 6.99. The quantitative estimate of drug-likeness (QED) is 0.172. The second kappa shape index (κ2) is 12.3. The first-order chi connectivity index (χ1) is 26.7. The Kier molecular flexibility index (Phi) is 7.00. The predicted molar refractivity (Wildman–Crippen MR) is 225 cm³/mol. The Hall–Kier alpha value is -6.95. The Morgan fingerprint density at radius 1 is 0.407 bits per heavy atom. The average molecular weight is 711 g/mol. The number of benzene rings is 8. The van der Waals surface area contributed by atoms with Gasteiger partial charge >= 0.3 is 0 Å². The molecule has 11 aromatic rings. The van der Waals surface area contributed by atoms with Gasteiger partial charge in [0.05, 0.1) is 0 Å². The van der Waals surface area contributed by atoms with E-state index in [9.17, 15) is 0 Å². The molecular formula is C49H30N2O2S. The van der Waals surface area contributed by atoms with E-state index in [-0.39, 0.29) is 0 Å². The molecule has 3 aromatic heterocycles. The van der Waals surface area contributed by atoms with Gasteiger partial charge in [-0.2, -0.15) is 0 Å². The normalized spacial score (nSPS) is 11.7. The molecule has 0 unspecified atom stereocenters. The molecule has 5 heteroatoms. The SMILES string of the molecule is c1ccc(N(c2ccc(-c3nc4ccccc4o3)cc2)c2ccc(-c3cccc4sc5ccc(-c6ccc7c(c6)oc6ccccc67)cc5c34)cc2)cc1. The summed E-state index contributed by atoms with van der Waals surface area (Å²) in [6.45, 7) is 0. The van der Waals surface area contributed by atoms with Crippen LogP contribution in [0.2, 0.25) is 0 Å².